The summed E-state index contributed by atoms with van der Waals surface area (Å²) in [6, 6.07) is 6.97. The minimum Gasteiger partial charge on any atom is -0.505 e. The van der Waals surface area contributed by atoms with Crippen LogP contribution in [-0.2, 0) is 16.1 Å². The molecule has 0 spiro atoms. The van der Waals surface area contributed by atoms with Gasteiger partial charge in [-0.1, -0.05) is 36.2 Å². The molecule has 1 heterocycles. The van der Waals surface area contributed by atoms with Gasteiger partial charge in [-0.15, -0.1) is 0 Å². The number of imide groups is 2. The number of aromatic hydroxyl groups is 1. The van der Waals surface area contributed by atoms with Gasteiger partial charge in [0.2, 0.25) is 0 Å². The number of benzene rings is 2. The second-order valence-electron chi connectivity index (χ2n) is 7.10. The molecule has 2 aromatic rings. The van der Waals surface area contributed by atoms with E-state index in [1.165, 1.54) is 18.2 Å². The monoisotopic (exact) mass is 492 g/mol. The highest BCUT2D eigenvalue weighted by atomic mass is 35.5. The van der Waals surface area contributed by atoms with Crippen molar-refractivity contribution in [2.45, 2.75) is 26.8 Å². The number of phenols is 1. The number of ether oxygens (including phenoxy) is 2. The molecule has 4 amide bonds. The van der Waals surface area contributed by atoms with E-state index >= 15 is 0 Å². The SMILES string of the molecule is CCCOc1ccc(CN2C(=O)NC(=O)/C(=C\c3cc(Cl)c(O)c(Cl)c3)C2=O)cc1OCC. The molecule has 1 aliphatic heterocycles. The molecule has 0 bridgehead atoms. The van der Waals surface area contributed by atoms with Crippen LogP contribution in [0.3, 0.4) is 0 Å². The zero-order chi connectivity index (χ0) is 24.1. The van der Waals surface area contributed by atoms with E-state index in [4.69, 9.17) is 32.7 Å². The fourth-order valence-corrected chi connectivity index (χ4v) is 3.61. The number of rotatable bonds is 8. The van der Waals surface area contributed by atoms with Gasteiger partial charge < -0.3 is 14.6 Å². The van der Waals surface area contributed by atoms with Crippen LogP contribution in [0.1, 0.15) is 31.4 Å². The smallest absolute Gasteiger partial charge is 0.331 e. The Morgan fingerprint density at radius 1 is 1.03 bits per heavy atom. The van der Waals surface area contributed by atoms with Gasteiger partial charge in [-0.3, -0.25) is 19.8 Å². The van der Waals surface area contributed by atoms with Gasteiger partial charge in [-0.25, -0.2) is 4.79 Å². The summed E-state index contributed by atoms with van der Waals surface area (Å²) in [5, 5.41) is 11.8. The lowest BCUT2D eigenvalue weighted by atomic mass is 10.1. The van der Waals surface area contributed by atoms with Gasteiger partial charge in [-0.05, 0) is 54.8 Å². The molecule has 0 unspecified atom stereocenters. The molecule has 0 aliphatic carbocycles. The van der Waals surface area contributed by atoms with E-state index in [0.717, 1.165) is 11.3 Å². The largest absolute Gasteiger partial charge is 0.505 e. The van der Waals surface area contributed by atoms with Crippen LogP contribution in [-0.4, -0.2) is 41.1 Å². The number of hydrogen-bond donors (Lipinski definition) is 2. The number of carbonyl (C=O) groups is 3. The van der Waals surface area contributed by atoms with Crippen LogP contribution in [0.25, 0.3) is 6.08 Å². The molecule has 0 radical (unpaired) electrons. The Morgan fingerprint density at radius 3 is 2.36 bits per heavy atom. The second-order valence-corrected chi connectivity index (χ2v) is 7.92. The van der Waals surface area contributed by atoms with Crippen molar-refractivity contribution in [2.75, 3.05) is 13.2 Å². The molecule has 3 rings (SSSR count). The fraction of sp³-hybridized carbons (Fsp3) is 0.261. The molecule has 2 aromatic carbocycles. The van der Waals surface area contributed by atoms with Crippen molar-refractivity contribution < 1.29 is 29.0 Å². The molecular weight excluding hydrogens is 471 g/mol. The highest BCUT2D eigenvalue weighted by Gasteiger charge is 2.36. The first kappa shape index (κ1) is 24.4. The number of urea groups is 1. The summed E-state index contributed by atoms with van der Waals surface area (Å²) in [6.07, 6.45) is 2.08. The molecule has 1 aliphatic rings. The molecule has 10 heteroatoms. The highest BCUT2D eigenvalue weighted by molar-refractivity contribution is 6.37. The molecule has 0 saturated carbocycles. The van der Waals surface area contributed by atoms with Crippen molar-refractivity contribution in [3.05, 3.63) is 57.1 Å². The minimum atomic E-state index is -0.847. The third-order valence-corrected chi connectivity index (χ3v) is 5.22. The summed E-state index contributed by atoms with van der Waals surface area (Å²) in [7, 11) is 0. The van der Waals surface area contributed by atoms with Gasteiger partial charge in [0, 0.05) is 0 Å². The summed E-state index contributed by atoms with van der Waals surface area (Å²) >= 11 is 11.8. The normalized spacial score (nSPS) is 15.1. The summed E-state index contributed by atoms with van der Waals surface area (Å²) in [5.74, 6) is -0.885. The molecule has 0 atom stereocenters. The number of nitrogens with one attached hydrogen (secondary N) is 1. The Balaban J connectivity index is 1.89. The number of hydrogen-bond acceptors (Lipinski definition) is 6. The van der Waals surface area contributed by atoms with Crippen molar-refractivity contribution in [3.8, 4) is 17.2 Å². The molecular formula is C23H22Cl2N2O6. The summed E-state index contributed by atoms with van der Waals surface area (Å²) < 4.78 is 11.3. The van der Waals surface area contributed by atoms with Crippen LogP contribution in [0.4, 0.5) is 4.79 Å². The maximum atomic E-state index is 13.0. The summed E-state index contributed by atoms with van der Waals surface area (Å²) in [5.41, 5.74) is 0.641. The molecule has 0 aromatic heterocycles. The van der Waals surface area contributed by atoms with Crippen LogP contribution in [0.5, 0.6) is 17.2 Å². The average Bonchev–Trinajstić information content (AvgIpc) is 2.77. The summed E-state index contributed by atoms with van der Waals surface area (Å²) in [6.45, 7) is 4.66. The number of nitrogens with zero attached hydrogens (tertiary/aromatic N) is 1. The lowest BCUT2D eigenvalue weighted by molar-refractivity contribution is -0.130. The first-order chi connectivity index (χ1) is 15.7. The number of phenolic OH excluding ortho intramolecular Hbond substituents is 1. The van der Waals surface area contributed by atoms with E-state index in [1.54, 1.807) is 18.2 Å². The summed E-state index contributed by atoms with van der Waals surface area (Å²) in [4.78, 5) is 38.7. The molecule has 33 heavy (non-hydrogen) atoms. The molecule has 2 N–H and O–H groups in total. The van der Waals surface area contributed by atoms with Crippen LogP contribution < -0.4 is 14.8 Å². The van der Waals surface area contributed by atoms with Crippen LogP contribution in [0, 0.1) is 0 Å². The van der Waals surface area contributed by atoms with E-state index in [-0.39, 0.29) is 27.9 Å². The topological polar surface area (TPSA) is 105 Å². The van der Waals surface area contributed by atoms with Crippen molar-refractivity contribution in [1.82, 2.24) is 10.2 Å². The second kappa shape index (κ2) is 10.6. The Hall–Kier alpha value is -3.23. The zero-order valence-electron chi connectivity index (χ0n) is 18.0. The van der Waals surface area contributed by atoms with Gasteiger partial charge in [0.1, 0.15) is 5.57 Å². The fourth-order valence-electron chi connectivity index (χ4n) is 3.11. The van der Waals surface area contributed by atoms with E-state index in [9.17, 15) is 19.5 Å². The van der Waals surface area contributed by atoms with E-state index in [2.05, 4.69) is 5.32 Å². The number of barbiturate groups is 1. The third-order valence-electron chi connectivity index (χ3n) is 4.65. The lowest BCUT2D eigenvalue weighted by Gasteiger charge is -2.26. The van der Waals surface area contributed by atoms with Gasteiger partial charge in [0.15, 0.2) is 17.2 Å². The van der Waals surface area contributed by atoms with E-state index < -0.39 is 17.8 Å². The predicted octanol–water partition coefficient (Wildman–Crippen LogP) is 4.55. The Kier molecular flexibility index (Phi) is 7.84. The Labute approximate surface area is 200 Å². The third kappa shape index (κ3) is 5.58. The average molecular weight is 493 g/mol. The maximum absolute atomic E-state index is 13.0. The highest BCUT2D eigenvalue weighted by Crippen LogP contribution is 2.34. The van der Waals surface area contributed by atoms with Crippen LogP contribution in [0.2, 0.25) is 10.0 Å². The van der Waals surface area contributed by atoms with Gasteiger partial charge in [-0.2, -0.15) is 0 Å². The van der Waals surface area contributed by atoms with E-state index in [1.807, 2.05) is 13.8 Å². The number of halogens is 2. The number of amides is 4. The van der Waals surface area contributed by atoms with Gasteiger partial charge in [0.05, 0.1) is 29.8 Å². The standard InChI is InChI=1S/C23H22Cl2N2O6/c1-3-7-33-18-6-5-13(11-19(18)32-4-2)12-27-22(30)15(21(29)26-23(27)31)8-14-9-16(24)20(28)17(25)10-14/h5-6,8-11,28H,3-4,7,12H2,1-2H3,(H,26,29,31)/b15-8+. The molecule has 174 valence electrons. The van der Waals surface area contributed by atoms with Gasteiger partial charge in [0.25, 0.3) is 11.8 Å². The molecule has 1 saturated heterocycles. The Morgan fingerprint density at radius 2 is 1.73 bits per heavy atom. The van der Waals surface area contributed by atoms with Crippen molar-refractivity contribution in [3.63, 3.8) is 0 Å². The van der Waals surface area contributed by atoms with E-state index in [0.29, 0.717) is 35.8 Å². The van der Waals surface area contributed by atoms with Crippen LogP contribution in [0.15, 0.2) is 35.9 Å². The first-order valence-electron chi connectivity index (χ1n) is 10.2. The predicted molar refractivity (Wildman–Crippen MR) is 124 cm³/mol. The minimum absolute atomic E-state index is 0.0419. The molecule has 1 fully saturated rings. The first-order valence-corrected chi connectivity index (χ1v) is 11.0. The van der Waals surface area contributed by atoms with Gasteiger partial charge >= 0.3 is 6.03 Å². The van der Waals surface area contributed by atoms with Crippen molar-refractivity contribution >= 4 is 47.1 Å². The number of carbonyl (C=O) groups excluding carboxylic acids is 3. The lowest BCUT2D eigenvalue weighted by Crippen LogP contribution is -2.53. The molecule has 8 nitrogen and oxygen atoms in total. The van der Waals surface area contributed by atoms with Crippen LogP contribution >= 0.6 is 23.2 Å². The quantitative estimate of drug-likeness (QED) is 0.413. The Bertz CT molecular complexity index is 1110. The van der Waals surface area contributed by atoms with Crippen molar-refractivity contribution in [2.24, 2.45) is 0 Å². The van der Waals surface area contributed by atoms with Crippen molar-refractivity contribution in [1.29, 1.82) is 0 Å². The zero-order valence-corrected chi connectivity index (χ0v) is 19.5. The maximum Gasteiger partial charge on any atom is 0.331 e.